The van der Waals surface area contributed by atoms with Crippen molar-refractivity contribution in [3.8, 4) is 11.5 Å². The Morgan fingerprint density at radius 3 is 2.40 bits per heavy atom. The molecule has 0 N–H and O–H groups in total. The molecule has 1 aromatic rings. The zero-order valence-electron chi connectivity index (χ0n) is 17.7. The first-order valence-electron chi connectivity index (χ1n) is 9.58. The van der Waals surface area contributed by atoms with E-state index in [1.54, 1.807) is 0 Å². The number of ether oxygens (including phenoxy) is 5. The van der Waals surface area contributed by atoms with Crippen LogP contribution in [0.1, 0.15) is 18.1 Å². The average Bonchev–Trinajstić information content (AvgIpc) is 2.76. The summed E-state index contributed by atoms with van der Waals surface area (Å²) in [6.45, 7) is -0.924. The number of hydrogen-bond acceptors (Lipinski definition) is 10. The predicted molar refractivity (Wildman–Crippen MR) is 101 cm³/mol. The molecule has 0 aliphatic carbocycles. The third-order valence-corrected chi connectivity index (χ3v) is 4.13. The highest BCUT2D eigenvalue weighted by Crippen LogP contribution is 2.42. The zero-order chi connectivity index (χ0) is 26.2. The van der Waals surface area contributed by atoms with Crippen molar-refractivity contribution in [1.82, 2.24) is 0 Å². The van der Waals surface area contributed by atoms with Gasteiger partial charge in [-0.05, 0) is 30.2 Å². The smallest absolute Gasteiger partial charge is 0.475 e. The van der Waals surface area contributed by atoms with Gasteiger partial charge in [-0.2, -0.15) is 13.2 Å². The third kappa shape index (κ3) is 8.31. The summed E-state index contributed by atoms with van der Waals surface area (Å²) in [7, 11) is 0. The normalized spacial score (nSPS) is 15.3. The summed E-state index contributed by atoms with van der Waals surface area (Å²) in [5, 5.41) is 2.06. The van der Waals surface area contributed by atoms with E-state index in [2.05, 4.69) is 29.1 Å². The lowest BCUT2D eigenvalue weighted by Gasteiger charge is -2.29. The molecular weight excluding hydrogens is 500 g/mol. The Bertz CT molecular complexity index is 961. The maximum absolute atomic E-state index is 13.6. The Kier molecular flexibility index (Phi) is 9.27. The summed E-state index contributed by atoms with van der Waals surface area (Å²) in [6, 6.07) is 1.64. The minimum Gasteiger partial charge on any atom is -0.475 e. The Hall–Kier alpha value is -3.56. The fourth-order valence-corrected chi connectivity index (χ4v) is 2.80. The van der Waals surface area contributed by atoms with Crippen LogP contribution in [0.15, 0.2) is 23.0 Å². The van der Waals surface area contributed by atoms with Crippen LogP contribution in [0.5, 0.6) is 11.5 Å². The maximum Gasteiger partial charge on any atom is 0.573 e. The lowest BCUT2D eigenvalue weighted by Crippen LogP contribution is -2.41. The van der Waals surface area contributed by atoms with Crippen LogP contribution >= 0.6 is 0 Å². The molecule has 194 valence electrons. The van der Waals surface area contributed by atoms with E-state index in [9.17, 15) is 40.8 Å². The summed E-state index contributed by atoms with van der Waals surface area (Å²) in [4.78, 5) is 37.3. The average molecular weight is 517 g/mol. The van der Waals surface area contributed by atoms with E-state index < -0.39 is 55.3 Å². The number of carbonyl (C=O) groups excluding carboxylic acids is 2. The quantitative estimate of drug-likeness (QED) is 0.108. The van der Waals surface area contributed by atoms with E-state index in [4.69, 9.17) is 4.74 Å². The number of esters is 2. The largest absolute Gasteiger partial charge is 0.573 e. The fraction of sp³-hybridized carbons (Fsp3) is 0.474. The predicted octanol–water partition coefficient (Wildman–Crippen LogP) is 3.61. The molecule has 0 aromatic heterocycles. The molecule has 0 fully saturated rings. The van der Waals surface area contributed by atoms with Gasteiger partial charge in [0.05, 0.1) is 5.57 Å². The molecule has 35 heavy (non-hydrogen) atoms. The minimum absolute atomic E-state index is 0.00267. The summed E-state index contributed by atoms with van der Waals surface area (Å²) in [5.41, 5.74) is -1.36. The van der Waals surface area contributed by atoms with Gasteiger partial charge in [0.15, 0.2) is 18.7 Å². The van der Waals surface area contributed by atoms with Gasteiger partial charge in [-0.1, -0.05) is 6.92 Å². The van der Waals surface area contributed by atoms with Crippen LogP contribution in [0.2, 0.25) is 0 Å². The van der Waals surface area contributed by atoms with Crippen LogP contribution in [0, 0.1) is 4.91 Å². The number of nitrogens with zero attached hydrogens (tertiary/aromatic N) is 1. The summed E-state index contributed by atoms with van der Waals surface area (Å²) < 4.78 is 101. The van der Waals surface area contributed by atoms with Gasteiger partial charge < -0.3 is 28.5 Å². The molecule has 0 radical (unpaired) electrons. The molecule has 10 nitrogen and oxygen atoms in total. The van der Waals surface area contributed by atoms with Crippen LogP contribution in [0.25, 0.3) is 6.08 Å². The van der Waals surface area contributed by atoms with Crippen molar-refractivity contribution in [3.63, 3.8) is 0 Å². The molecule has 0 saturated carbocycles. The molecule has 0 spiro atoms. The van der Waals surface area contributed by atoms with Gasteiger partial charge in [0, 0.05) is 5.56 Å². The van der Waals surface area contributed by atoms with Crippen molar-refractivity contribution >= 4 is 18.0 Å². The Balaban J connectivity index is 2.15. The molecule has 16 heteroatoms. The van der Waals surface area contributed by atoms with Crippen molar-refractivity contribution in [3.05, 3.63) is 33.7 Å². The molecule has 0 unspecified atom stereocenters. The number of alkyl halides is 6. The highest BCUT2D eigenvalue weighted by Gasteiger charge is 2.49. The number of rotatable bonds is 11. The molecule has 1 aliphatic heterocycles. The standard InChI is InChI=1S/C19H17F6NO9/c1-2-10-5-12(35-19(23,24)25)6-11-7-13(16(18(20,21)22)34-15(10)11)17(28)32-9-30-8-14(27)31-3-4-33-26-29/h5-7,16H,2-4,8-9H2,1H3/t16-/m0/s1. The molecule has 2 rings (SSSR count). The second-order valence-corrected chi connectivity index (χ2v) is 6.57. The van der Waals surface area contributed by atoms with Gasteiger partial charge in [-0.25, -0.2) is 9.59 Å². The Morgan fingerprint density at radius 2 is 1.80 bits per heavy atom. The van der Waals surface area contributed by atoms with Gasteiger partial charge in [-0.3, -0.25) is 0 Å². The number of benzene rings is 1. The van der Waals surface area contributed by atoms with Gasteiger partial charge in [-0.15, -0.1) is 18.1 Å². The molecule has 0 bridgehead atoms. The van der Waals surface area contributed by atoms with E-state index in [0.717, 1.165) is 12.1 Å². The van der Waals surface area contributed by atoms with E-state index in [1.165, 1.54) is 6.92 Å². The Labute approximate surface area is 192 Å². The second kappa shape index (κ2) is 11.7. The molecule has 0 amide bonds. The first-order valence-corrected chi connectivity index (χ1v) is 9.58. The van der Waals surface area contributed by atoms with Gasteiger partial charge >= 0.3 is 24.5 Å². The zero-order valence-corrected chi connectivity index (χ0v) is 17.7. The fourth-order valence-electron chi connectivity index (χ4n) is 2.80. The van der Waals surface area contributed by atoms with Crippen LogP contribution in [-0.4, -0.2) is 57.2 Å². The molecule has 1 aromatic carbocycles. The van der Waals surface area contributed by atoms with Crippen molar-refractivity contribution in [1.29, 1.82) is 0 Å². The first kappa shape index (κ1) is 27.7. The Morgan fingerprint density at radius 1 is 1.09 bits per heavy atom. The van der Waals surface area contributed by atoms with Crippen LogP contribution in [0.4, 0.5) is 26.3 Å². The van der Waals surface area contributed by atoms with Crippen molar-refractivity contribution < 1.29 is 64.5 Å². The number of carbonyl (C=O) groups is 2. The SMILES string of the molecule is CCc1cc(OC(F)(F)F)cc2c1O[C@H](C(F)(F)F)C(C(=O)OCOCC(=O)OCCON=O)=C2. The summed E-state index contributed by atoms with van der Waals surface area (Å²) in [5.74, 6) is -3.62. The number of fused-ring (bicyclic) bond motifs is 1. The first-order chi connectivity index (χ1) is 16.4. The van der Waals surface area contributed by atoms with Crippen LogP contribution < -0.4 is 9.47 Å². The minimum atomic E-state index is -5.09. The second-order valence-electron chi connectivity index (χ2n) is 6.57. The van der Waals surface area contributed by atoms with E-state index in [1.807, 2.05) is 0 Å². The van der Waals surface area contributed by atoms with Crippen LogP contribution in [-0.2, 0) is 35.1 Å². The van der Waals surface area contributed by atoms with Crippen molar-refractivity contribution in [2.45, 2.75) is 32.0 Å². The molecular formula is C19H17F6NO9. The van der Waals surface area contributed by atoms with Crippen LogP contribution in [0.3, 0.4) is 0 Å². The highest BCUT2D eigenvalue weighted by atomic mass is 19.4. The van der Waals surface area contributed by atoms with Crippen molar-refractivity contribution in [2.75, 3.05) is 26.6 Å². The monoisotopic (exact) mass is 517 g/mol. The third-order valence-electron chi connectivity index (χ3n) is 4.13. The maximum atomic E-state index is 13.6. The van der Waals surface area contributed by atoms with Crippen molar-refractivity contribution in [2.24, 2.45) is 5.34 Å². The lowest BCUT2D eigenvalue weighted by atomic mass is 9.97. The highest BCUT2D eigenvalue weighted by molar-refractivity contribution is 5.96. The van der Waals surface area contributed by atoms with E-state index in [0.29, 0.717) is 6.08 Å². The lowest BCUT2D eigenvalue weighted by molar-refractivity contribution is -0.274. The molecule has 1 heterocycles. The topological polar surface area (TPSA) is 119 Å². The van der Waals surface area contributed by atoms with Gasteiger partial charge in [0.25, 0.3) is 0 Å². The van der Waals surface area contributed by atoms with Gasteiger partial charge in [0.1, 0.15) is 24.7 Å². The summed E-state index contributed by atoms with van der Waals surface area (Å²) >= 11 is 0. The molecule has 1 aliphatic rings. The molecule has 1 atom stereocenters. The van der Waals surface area contributed by atoms with E-state index >= 15 is 0 Å². The number of halogens is 6. The number of aryl methyl sites for hydroxylation is 1. The van der Waals surface area contributed by atoms with Gasteiger partial charge in [0.2, 0.25) is 6.10 Å². The van der Waals surface area contributed by atoms with E-state index in [-0.39, 0.29) is 36.5 Å². The number of hydrogen-bond donors (Lipinski definition) is 0. The molecule has 0 saturated heterocycles. The summed E-state index contributed by atoms with van der Waals surface area (Å²) in [6.07, 6.45) is -12.3.